The van der Waals surface area contributed by atoms with Crippen LogP contribution in [0.25, 0.3) is 22.6 Å². The molecule has 3 atom stereocenters. The Balaban J connectivity index is 1.50. The van der Waals surface area contributed by atoms with Crippen molar-refractivity contribution in [3.8, 4) is 22.6 Å². The standard InChI is InChI=1S/C29H29FN4O3S/c1-17-23-11-10-22-25(21-6-4-5-7-24(21)30)33-28(18-8-9-20(31-15-18)12-13-38(3,35)36)34-27(22)29(23,2)14-19-16-32-37-26(17)19/h4-9,15-17,23H,10-14H2,1-3H3/t17-,23-,29-/m1/s1. The number of pyridine rings is 1. The smallest absolute Gasteiger partial charge is 0.161 e. The molecule has 4 aromatic rings. The van der Waals surface area contributed by atoms with Gasteiger partial charge in [-0.1, -0.05) is 31.1 Å². The van der Waals surface area contributed by atoms with Gasteiger partial charge in [0, 0.05) is 58.2 Å². The van der Waals surface area contributed by atoms with Crippen LogP contribution in [0.4, 0.5) is 4.39 Å². The highest BCUT2D eigenvalue weighted by molar-refractivity contribution is 7.90. The van der Waals surface area contributed by atoms with E-state index in [1.807, 2.05) is 18.2 Å². The minimum atomic E-state index is -3.09. The third-order valence-corrected chi connectivity index (χ3v) is 9.21. The molecule has 38 heavy (non-hydrogen) atoms. The number of rotatable bonds is 5. The van der Waals surface area contributed by atoms with E-state index in [1.54, 1.807) is 24.5 Å². The van der Waals surface area contributed by atoms with E-state index in [0.29, 0.717) is 40.7 Å². The van der Waals surface area contributed by atoms with Gasteiger partial charge in [-0.2, -0.15) is 0 Å². The average Bonchev–Trinajstić information content (AvgIpc) is 3.35. The largest absolute Gasteiger partial charge is 0.361 e. The molecule has 6 rings (SSSR count). The van der Waals surface area contributed by atoms with Gasteiger partial charge in [0.2, 0.25) is 0 Å². The first-order valence-electron chi connectivity index (χ1n) is 12.9. The van der Waals surface area contributed by atoms with E-state index in [0.717, 1.165) is 41.8 Å². The molecule has 0 saturated carbocycles. The van der Waals surface area contributed by atoms with Gasteiger partial charge in [0.1, 0.15) is 21.4 Å². The molecule has 0 aliphatic heterocycles. The molecule has 0 N–H and O–H groups in total. The summed E-state index contributed by atoms with van der Waals surface area (Å²) >= 11 is 0. The lowest BCUT2D eigenvalue weighted by Crippen LogP contribution is -2.45. The highest BCUT2D eigenvalue weighted by Crippen LogP contribution is 2.54. The first-order chi connectivity index (χ1) is 18.1. The second-order valence-corrected chi connectivity index (χ2v) is 13.1. The van der Waals surface area contributed by atoms with Crippen LogP contribution in [0, 0.1) is 11.7 Å². The van der Waals surface area contributed by atoms with Crippen molar-refractivity contribution in [1.29, 1.82) is 0 Å². The summed E-state index contributed by atoms with van der Waals surface area (Å²) in [4.78, 5) is 14.5. The fourth-order valence-corrected chi connectivity index (χ4v) is 6.94. The van der Waals surface area contributed by atoms with E-state index in [-0.39, 0.29) is 22.9 Å². The molecule has 0 unspecified atom stereocenters. The van der Waals surface area contributed by atoms with Crippen LogP contribution in [0.5, 0.6) is 0 Å². The highest BCUT2D eigenvalue weighted by Gasteiger charge is 2.50. The predicted octanol–water partition coefficient (Wildman–Crippen LogP) is 5.10. The van der Waals surface area contributed by atoms with E-state index in [1.165, 1.54) is 12.3 Å². The maximum atomic E-state index is 15.1. The molecule has 0 amide bonds. The summed E-state index contributed by atoms with van der Waals surface area (Å²) in [5.74, 6) is 1.63. The molecule has 7 nitrogen and oxygen atoms in total. The van der Waals surface area contributed by atoms with Crippen LogP contribution in [0.15, 0.2) is 53.3 Å². The van der Waals surface area contributed by atoms with Gasteiger partial charge in [0.05, 0.1) is 23.3 Å². The second-order valence-electron chi connectivity index (χ2n) is 10.9. The van der Waals surface area contributed by atoms with Crippen molar-refractivity contribution in [2.24, 2.45) is 5.92 Å². The van der Waals surface area contributed by atoms with Crippen LogP contribution in [-0.4, -0.2) is 40.5 Å². The molecule has 1 aromatic carbocycles. The SMILES string of the molecule is C[C@H]1c2oncc2C[C@@]2(C)c3nc(-c4ccc(CCS(C)(=O)=O)nc4)nc(-c4ccccc4F)c3CC[C@H]12. The highest BCUT2D eigenvalue weighted by atomic mass is 32.2. The van der Waals surface area contributed by atoms with Crippen LogP contribution in [0.2, 0.25) is 0 Å². The van der Waals surface area contributed by atoms with Gasteiger partial charge in [0.25, 0.3) is 0 Å². The van der Waals surface area contributed by atoms with Crippen molar-refractivity contribution < 1.29 is 17.3 Å². The van der Waals surface area contributed by atoms with Crippen LogP contribution in [-0.2, 0) is 34.5 Å². The van der Waals surface area contributed by atoms with Gasteiger partial charge >= 0.3 is 0 Å². The Kier molecular flexibility index (Phi) is 5.94. The molecule has 3 aromatic heterocycles. The summed E-state index contributed by atoms with van der Waals surface area (Å²) in [6.45, 7) is 4.44. The van der Waals surface area contributed by atoms with E-state index in [4.69, 9.17) is 14.5 Å². The van der Waals surface area contributed by atoms with Gasteiger partial charge in [-0.25, -0.2) is 22.8 Å². The zero-order valence-corrected chi connectivity index (χ0v) is 22.4. The molecule has 0 radical (unpaired) electrons. The Bertz CT molecular complexity index is 1630. The fourth-order valence-electron chi connectivity index (χ4n) is 6.36. The van der Waals surface area contributed by atoms with E-state index >= 15 is 4.39 Å². The number of hydrogen-bond acceptors (Lipinski definition) is 7. The van der Waals surface area contributed by atoms with Crippen molar-refractivity contribution in [2.45, 2.75) is 50.9 Å². The van der Waals surface area contributed by atoms with Gasteiger partial charge in [-0.3, -0.25) is 4.98 Å². The van der Waals surface area contributed by atoms with Gasteiger partial charge in [-0.05, 0) is 49.4 Å². The first-order valence-corrected chi connectivity index (χ1v) is 14.9. The summed E-state index contributed by atoms with van der Waals surface area (Å²) in [6.07, 6.45) is 7.44. The second kappa shape index (κ2) is 9.08. The molecule has 0 spiro atoms. The number of benzene rings is 1. The Morgan fingerprint density at radius 3 is 2.68 bits per heavy atom. The summed E-state index contributed by atoms with van der Waals surface area (Å²) in [6, 6.07) is 10.4. The number of fused-ring (bicyclic) bond motifs is 4. The molecule has 196 valence electrons. The lowest BCUT2D eigenvalue weighted by atomic mass is 9.56. The molecule has 9 heteroatoms. The van der Waals surface area contributed by atoms with Crippen molar-refractivity contribution >= 4 is 9.84 Å². The van der Waals surface area contributed by atoms with Crippen LogP contribution < -0.4 is 0 Å². The topological polar surface area (TPSA) is 98.8 Å². The van der Waals surface area contributed by atoms with E-state index < -0.39 is 9.84 Å². The number of hydrogen-bond donors (Lipinski definition) is 0. The first kappa shape index (κ1) is 24.9. The summed E-state index contributed by atoms with van der Waals surface area (Å²) in [5, 5.41) is 4.08. The van der Waals surface area contributed by atoms with Crippen molar-refractivity contribution in [3.63, 3.8) is 0 Å². The number of nitrogens with zero attached hydrogens (tertiary/aromatic N) is 4. The number of aryl methyl sites for hydroxylation is 1. The van der Waals surface area contributed by atoms with Crippen molar-refractivity contribution in [2.75, 3.05) is 12.0 Å². The Labute approximate surface area is 221 Å². The monoisotopic (exact) mass is 532 g/mol. The minimum Gasteiger partial charge on any atom is -0.361 e. The van der Waals surface area contributed by atoms with Gasteiger partial charge in [-0.15, -0.1) is 0 Å². The molecular weight excluding hydrogens is 503 g/mol. The van der Waals surface area contributed by atoms with E-state index in [9.17, 15) is 8.42 Å². The maximum Gasteiger partial charge on any atom is 0.161 e. The van der Waals surface area contributed by atoms with Gasteiger partial charge < -0.3 is 4.52 Å². The minimum absolute atomic E-state index is 0.0366. The zero-order valence-electron chi connectivity index (χ0n) is 21.6. The molecule has 0 fully saturated rings. The molecule has 0 bridgehead atoms. The summed E-state index contributed by atoms with van der Waals surface area (Å²) < 4.78 is 43.9. The van der Waals surface area contributed by atoms with E-state index in [2.05, 4.69) is 24.0 Å². The lowest BCUT2D eigenvalue weighted by Gasteiger charge is -2.47. The number of halogens is 1. The zero-order chi connectivity index (χ0) is 26.7. The summed E-state index contributed by atoms with van der Waals surface area (Å²) in [5.41, 5.74) is 5.18. The number of aromatic nitrogens is 4. The third-order valence-electron chi connectivity index (χ3n) is 8.26. The fraction of sp³-hybridized carbons (Fsp3) is 0.379. The third kappa shape index (κ3) is 4.22. The molecule has 2 aliphatic carbocycles. The van der Waals surface area contributed by atoms with Gasteiger partial charge in [0.15, 0.2) is 5.82 Å². The Hall–Kier alpha value is -3.46. The van der Waals surface area contributed by atoms with Crippen LogP contribution in [0.1, 0.15) is 54.5 Å². The molecule has 2 aliphatic rings. The Morgan fingerprint density at radius 1 is 1.13 bits per heavy atom. The van der Waals surface area contributed by atoms with Crippen molar-refractivity contribution in [3.05, 3.63) is 82.9 Å². The van der Waals surface area contributed by atoms with Crippen LogP contribution >= 0.6 is 0 Å². The lowest BCUT2D eigenvalue weighted by molar-refractivity contribution is 0.172. The molecule has 0 saturated heterocycles. The molecule has 3 heterocycles. The average molecular weight is 533 g/mol. The normalized spacial score (nSPS) is 22.4. The quantitative estimate of drug-likeness (QED) is 0.353. The molecular formula is C29H29FN4O3S. The maximum absolute atomic E-state index is 15.1. The predicted molar refractivity (Wildman–Crippen MR) is 142 cm³/mol. The number of sulfone groups is 1. The van der Waals surface area contributed by atoms with Crippen molar-refractivity contribution in [1.82, 2.24) is 20.1 Å². The Morgan fingerprint density at radius 2 is 1.95 bits per heavy atom. The summed E-state index contributed by atoms with van der Waals surface area (Å²) in [7, 11) is -3.09. The van der Waals surface area contributed by atoms with Crippen LogP contribution in [0.3, 0.4) is 0 Å².